The zero-order valence-electron chi connectivity index (χ0n) is 12.2. The second-order valence-corrected chi connectivity index (χ2v) is 7.04. The van der Waals surface area contributed by atoms with Crippen LogP contribution in [-0.2, 0) is 9.09 Å². The zero-order chi connectivity index (χ0) is 16.6. The summed E-state index contributed by atoms with van der Waals surface area (Å²) in [5.41, 5.74) is 0.791. The van der Waals surface area contributed by atoms with E-state index in [1.54, 1.807) is 42.5 Å². The van der Waals surface area contributed by atoms with Gasteiger partial charge in [0.1, 0.15) is 0 Å². The second-order valence-electron chi connectivity index (χ2n) is 5.06. The van der Waals surface area contributed by atoms with Crippen LogP contribution in [0.3, 0.4) is 0 Å². The Labute approximate surface area is 132 Å². The minimum atomic E-state index is -4.27. The highest BCUT2D eigenvalue weighted by Crippen LogP contribution is 2.58. The van der Waals surface area contributed by atoms with Crippen LogP contribution >= 0.6 is 7.60 Å². The molecule has 0 fully saturated rings. The highest BCUT2D eigenvalue weighted by Gasteiger charge is 2.48. The monoisotopic (exact) mass is 331 g/mol. The molecule has 2 amide bonds. The summed E-state index contributed by atoms with van der Waals surface area (Å²) < 4.78 is 17.2. The van der Waals surface area contributed by atoms with Crippen molar-refractivity contribution in [2.75, 3.05) is 7.11 Å². The Bertz CT molecular complexity index is 785. The minimum absolute atomic E-state index is 0.217. The highest BCUT2D eigenvalue weighted by atomic mass is 31.2. The number of hydrogen-bond acceptors (Lipinski definition) is 4. The Morgan fingerprint density at radius 2 is 1.43 bits per heavy atom. The molecule has 3 rings (SSSR count). The molecule has 2 atom stereocenters. The maximum atomic E-state index is 12.6. The van der Waals surface area contributed by atoms with E-state index in [0.29, 0.717) is 5.56 Å². The summed E-state index contributed by atoms with van der Waals surface area (Å²) >= 11 is 0. The average Bonchev–Trinajstić information content (AvgIpc) is 2.82. The topological polar surface area (TPSA) is 83.9 Å². The van der Waals surface area contributed by atoms with E-state index in [4.69, 9.17) is 4.52 Å². The summed E-state index contributed by atoms with van der Waals surface area (Å²) in [4.78, 5) is 36.2. The Kier molecular flexibility index (Phi) is 3.90. The van der Waals surface area contributed by atoms with Crippen molar-refractivity contribution in [2.24, 2.45) is 0 Å². The van der Waals surface area contributed by atoms with Crippen LogP contribution in [0, 0.1) is 0 Å². The van der Waals surface area contributed by atoms with Gasteiger partial charge < -0.3 is 9.42 Å². The molecule has 0 spiro atoms. The molecule has 0 bridgehead atoms. The van der Waals surface area contributed by atoms with Crippen LogP contribution in [0.5, 0.6) is 0 Å². The number of fused-ring (bicyclic) bond motifs is 1. The van der Waals surface area contributed by atoms with E-state index >= 15 is 0 Å². The third kappa shape index (κ3) is 2.51. The molecule has 0 aliphatic carbocycles. The SMILES string of the molecule is COP(=O)(O)C(c1ccccc1)N1C(=O)c2ccccc2C1=O. The largest absolute Gasteiger partial charge is 0.355 e. The van der Waals surface area contributed by atoms with Crippen LogP contribution < -0.4 is 0 Å². The molecule has 0 aromatic heterocycles. The lowest BCUT2D eigenvalue weighted by Crippen LogP contribution is -2.34. The van der Waals surface area contributed by atoms with Crippen molar-refractivity contribution in [2.45, 2.75) is 5.78 Å². The molecule has 2 aromatic carbocycles. The molecule has 118 valence electrons. The van der Waals surface area contributed by atoms with E-state index in [1.165, 1.54) is 12.1 Å². The molecule has 23 heavy (non-hydrogen) atoms. The number of hydrogen-bond donors (Lipinski definition) is 1. The minimum Gasteiger partial charge on any atom is -0.323 e. The summed E-state index contributed by atoms with van der Waals surface area (Å²) in [5.74, 6) is -2.60. The predicted molar refractivity (Wildman–Crippen MR) is 83.0 cm³/mol. The summed E-state index contributed by atoms with van der Waals surface area (Å²) in [6.07, 6.45) is 0. The lowest BCUT2D eigenvalue weighted by atomic mass is 10.1. The smallest absolute Gasteiger partial charge is 0.323 e. The van der Waals surface area contributed by atoms with Crippen molar-refractivity contribution in [3.63, 3.8) is 0 Å². The quantitative estimate of drug-likeness (QED) is 0.688. The summed E-state index contributed by atoms with van der Waals surface area (Å²) in [7, 11) is -3.20. The summed E-state index contributed by atoms with van der Waals surface area (Å²) in [5, 5.41) is 0. The number of carbonyl (C=O) groups excluding carboxylic acids is 2. The molecule has 0 radical (unpaired) electrons. The van der Waals surface area contributed by atoms with Crippen molar-refractivity contribution in [3.05, 3.63) is 71.3 Å². The van der Waals surface area contributed by atoms with Crippen molar-refractivity contribution in [3.8, 4) is 0 Å². The van der Waals surface area contributed by atoms with Gasteiger partial charge in [-0.05, 0) is 17.7 Å². The van der Waals surface area contributed by atoms with Crippen LogP contribution in [0.4, 0.5) is 0 Å². The molecule has 2 aromatic rings. The van der Waals surface area contributed by atoms with E-state index in [9.17, 15) is 19.0 Å². The van der Waals surface area contributed by atoms with Gasteiger partial charge in [-0.2, -0.15) is 0 Å². The van der Waals surface area contributed by atoms with Gasteiger partial charge in [-0.3, -0.25) is 19.1 Å². The first-order chi connectivity index (χ1) is 11.0. The maximum absolute atomic E-state index is 12.6. The Balaban J connectivity index is 2.15. The molecule has 6 nitrogen and oxygen atoms in total. The number of benzene rings is 2. The molecule has 1 aliphatic rings. The van der Waals surface area contributed by atoms with E-state index < -0.39 is 25.2 Å². The highest BCUT2D eigenvalue weighted by molar-refractivity contribution is 7.53. The molecule has 1 heterocycles. The normalized spacial score (nSPS) is 17.7. The van der Waals surface area contributed by atoms with Gasteiger partial charge in [0.05, 0.1) is 11.1 Å². The van der Waals surface area contributed by atoms with Gasteiger partial charge in [-0.25, -0.2) is 0 Å². The van der Waals surface area contributed by atoms with Crippen LogP contribution in [-0.4, -0.2) is 28.7 Å². The lowest BCUT2D eigenvalue weighted by Gasteiger charge is -2.28. The molecule has 0 saturated heterocycles. The van der Waals surface area contributed by atoms with E-state index in [-0.39, 0.29) is 11.1 Å². The second kappa shape index (κ2) is 5.74. The summed E-state index contributed by atoms with van der Waals surface area (Å²) in [6.45, 7) is 0. The van der Waals surface area contributed by atoms with Crippen molar-refractivity contribution >= 4 is 19.4 Å². The average molecular weight is 331 g/mol. The van der Waals surface area contributed by atoms with Gasteiger partial charge in [0.2, 0.25) is 0 Å². The van der Waals surface area contributed by atoms with Gasteiger partial charge in [0, 0.05) is 7.11 Å². The van der Waals surface area contributed by atoms with Crippen LogP contribution in [0.1, 0.15) is 32.1 Å². The zero-order valence-corrected chi connectivity index (χ0v) is 13.1. The van der Waals surface area contributed by atoms with Crippen LogP contribution in [0.15, 0.2) is 54.6 Å². The first kappa shape index (κ1) is 15.6. The molecular formula is C16H14NO5P. The number of rotatable bonds is 4. The fourth-order valence-electron chi connectivity index (χ4n) is 2.64. The van der Waals surface area contributed by atoms with E-state index in [1.807, 2.05) is 0 Å². The predicted octanol–water partition coefficient (Wildman–Crippen LogP) is 2.81. The van der Waals surface area contributed by atoms with Gasteiger partial charge in [0.15, 0.2) is 5.78 Å². The van der Waals surface area contributed by atoms with Crippen LogP contribution in [0.2, 0.25) is 0 Å². The van der Waals surface area contributed by atoms with Crippen molar-refractivity contribution in [1.29, 1.82) is 0 Å². The third-order valence-electron chi connectivity index (χ3n) is 3.74. The van der Waals surface area contributed by atoms with Gasteiger partial charge in [-0.15, -0.1) is 0 Å². The fraction of sp³-hybridized carbons (Fsp3) is 0.125. The fourth-order valence-corrected chi connectivity index (χ4v) is 3.89. The Morgan fingerprint density at radius 1 is 0.957 bits per heavy atom. The molecule has 2 unspecified atom stereocenters. The first-order valence-corrected chi connectivity index (χ1v) is 8.52. The Morgan fingerprint density at radius 3 is 1.91 bits per heavy atom. The lowest BCUT2D eigenvalue weighted by molar-refractivity contribution is 0.0609. The molecule has 1 aliphatic heterocycles. The molecule has 0 saturated carbocycles. The number of imide groups is 1. The molecular weight excluding hydrogens is 317 g/mol. The molecule has 1 N–H and O–H groups in total. The molecule has 7 heteroatoms. The number of nitrogens with zero attached hydrogens (tertiary/aromatic N) is 1. The van der Waals surface area contributed by atoms with Crippen molar-refractivity contribution < 1.29 is 23.6 Å². The first-order valence-electron chi connectivity index (χ1n) is 6.87. The Hall–Kier alpha value is -2.27. The van der Waals surface area contributed by atoms with E-state index in [2.05, 4.69) is 0 Å². The standard InChI is InChI=1S/C16H14NO5P/c1-22-23(20,21)16(11-7-3-2-4-8-11)17-14(18)12-9-5-6-10-13(12)15(17)19/h2-10,16H,1H3,(H,20,21). The van der Waals surface area contributed by atoms with Gasteiger partial charge in [0.25, 0.3) is 11.8 Å². The number of carbonyl (C=O) groups is 2. The maximum Gasteiger partial charge on any atom is 0.355 e. The van der Waals surface area contributed by atoms with E-state index in [0.717, 1.165) is 12.0 Å². The summed E-state index contributed by atoms with van der Waals surface area (Å²) in [6, 6.07) is 14.5. The number of amides is 2. The van der Waals surface area contributed by atoms with Crippen molar-refractivity contribution in [1.82, 2.24) is 4.90 Å². The third-order valence-corrected chi connectivity index (χ3v) is 5.41. The van der Waals surface area contributed by atoms with Gasteiger partial charge in [-0.1, -0.05) is 42.5 Å². The van der Waals surface area contributed by atoms with Gasteiger partial charge >= 0.3 is 7.60 Å². The van der Waals surface area contributed by atoms with Crippen LogP contribution in [0.25, 0.3) is 0 Å².